The van der Waals surface area contributed by atoms with E-state index in [-0.39, 0.29) is 22.2 Å². The minimum atomic E-state index is -0.456. The fourth-order valence-corrected chi connectivity index (χ4v) is 2.33. The van der Waals surface area contributed by atoms with E-state index in [1.807, 2.05) is 6.07 Å². The van der Waals surface area contributed by atoms with Crippen molar-refractivity contribution in [3.05, 3.63) is 71.0 Å². The molecule has 0 aliphatic heterocycles. The first kappa shape index (κ1) is 15.1. The molecular weight excluding hydrogens is 320 g/mol. The van der Waals surface area contributed by atoms with Crippen molar-refractivity contribution in [2.75, 3.05) is 0 Å². The lowest BCUT2D eigenvalue weighted by Gasteiger charge is -2.10. The molecule has 0 unspecified atom stereocenters. The van der Waals surface area contributed by atoms with Crippen molar-refractivity contribution in [2.45, 2.75) is 0 Å². The molecule has 0 spiro atoms. The van der Waals surface area contributed by atoms with E-state index in [1.54, 1.807) is 12.1 Å². The molecule has 0 aliphatic carbocycles. The third kappa shape index (κ3) is 3.03. The van der Waals surface area contributed by atoms with Gasteiger partial charge in [0.2, 0.25) is 0 Å². The molecule has 2 aromatic carbocycles. The normalized spacial score (nSPS) is 10.3. The first-order valence-corrected chi connectivity index (χ1v) is 6.96. The predicted octanol–water partition coefficient (Wildman–Crippen LogP) is 4.61. The van der Waals surface area contributed by atoms with E-state index in [2.05, 4.69) is 9.97 Å². The molecule has 0 atom stereocenters. The highest BCUT2D eigenvalue weighted by Gasteiger charge is 2.16. The number of benzene rings is 2. The van der Waals surface area contributed by atoms with E-state index < -0.39 is 11.6 Å². The monoisotopic (exact) mass is 327 g/mol. The maximum Gasteiger partial charge on any atom is 0.178 e. The second-order valence-corrected chi connectivity index (χ2v) is 5.05. The van der Waals surface area contributed by atoms with Gasteiger partial charge in [0.25, 0.3) is 0 Å². The van der Waals surface area contributed by atoms with Crippen molar-refractivity contribution < 1.29 is 8.78 Å². The Morgan fingerprint density at radius 3 is 1.87 bits per heavy atom. The quantitative estimate of drug-likeness (QED) is 0.690. The number of aromatic nitrogens is 2. The topological polar surface area (TPSA) is 49.6 Å². The van der Waals surface area contributed by atoms with Crippen LogP contribution >= 0.6 is 11.6 Å². The van der Waals surface area contributed by atoms with Crippen LogP contribution in [0.4, 0.5) is 8.78 Å². The Labute approximate surface area is 135 Å². The smallest absolute Gasteiger partial charge is 0.178 e. The lowest BCUT2D eigenvalue weighted by molar-refractivity contribution is 0.627. The minimum Gasteiger partial charge on any atom is -0.232 e. The van der Waals surface area contributed by atoms with Crippen LogP contribution in [0, 0.1) is 23.0 Å². The zero-order chi connectivity index (χ0) is 16.4. The standard InChI is InChI=1S/C17H8ClF2N3/c18-17-14(9-21)22-15(10-3-1-5-12(19)7-10)16(23-17)11-4-2-6-13(20)8-11/h1-8H. The van der Waals surface area contributed by atoms with Gasteiger partial charge in [0, 0.05) is 11.1 Å². The molecule has 6 heteroatoms. The molecule has 0 amide bonds. The summed E-state index contributed by atoms with van der Waals surface area (Å²) in [5, 5.41) is 8.99. The largest absolute Gasteiger partial charge is 0.232 e. The van der Waals surface area contributed by atoms with Gasteiger partial charge in [0.15, 0.2) is 10.8 Å². The van der Waals surface area contributed by atoms with Crippen LogP contribution in [0.15, 0.2) is 48.5 Å². The number of hydrogen-bond donors (Lipinski definition) is 0. The van der Waals surface area contributed by atoms with Gasteiger partial charge in [0.1, 0.15) is 17.7 Å². The van der Waals surface area contributed by atoms with Crippen LogP contribution in [0.25, 0.3) is 22.5 Å². The summed E-state index contributed by atoms with van der Waals surface area (Å²) in [4.78, 5) is 8.32. The summed E-state index contributed by atoms with van der Waals surface area (Å²) in [5.41, 5.74) is 1.31. The van der Waals surface area contributed by atoms with Crippen molar-refractivity contribution in [2.24, 2.45) is 0 Å². The Bertz CT molecular complexity index is 935. The van der Waals surface area contributed by atoms with Crippen LogP contribution in [0.2, 0.25) is 5.15 Å². The third-order valence-corrected chi connectivity index (χ3v) is 3.42. The fourth-order valence-electron chi connectivity index (χ4n) is 2.16. The molecule has 23 heavy (non-hydrogen) atoms. The molecule has 0 aliphatic rings. The highest BCUT2D eigenvalue weighted by Crippen LogP contribution is 2.31. The Morgan fingerprint density at radius 2 is 1.39 bits per heavy atom. The Kier molecular flexibility index (Phi) is 4.00. The summed E-state index contributed by atoms with van der Waals surface area (Å²) < 4.78 is 27.0. The zero-order valence-corrected chi connectivity index (χ0v) is 12.4. The third-order valence-electron chi connectivity index (χ3n) is 3.16. The minimum absolute atomic E-state index is 0.0777. The van der Waals surface area contributed by atoms with E-state index in [0.717, 1.165) is 0 Å². The number of nitriles is 1. The molecule has 0 bridgehead atoms. The van der Waals surface area contributed by atoms with Gasteiger partial charge in [-0.25, -0.2) is 18.7 Å². The highest BCUT2D eigenvalue weighted by atomic mass is 35.5. The molecule has 1 heterocycles. The maximum absolute atomic E-state index is 13.5. The molecule has 3 aromatic rings. The van der Waals surface area contributed by atoms with Crippen LogP contribution in [0.1, 0.15) is 5.69 Å². The maximum atomic E-state index is 13.5. The summed E-state index contributed by atoms with van der Waals surface area (Å²) in [6.07, 6.45) is 0. The van der Waals surface area contributed by atoms with Crippen molar-refractivity contribution in [3.8, 4) is 28.6 Å². The van der Waals surface area contributed by atoms with Crippen molar-refractivity contribution in [1.29, 1.82) is 5.26 Å². The van der Waals surface area contributed by atoms with Crippen LogP contribution in [-0.4, -0.2) is 9.97 Å². The molecule has 1 aromatic heterocycles. The van der Waals surface area contributed by atoms with Gasteiger partial charge in [-0.2, -0.15) is 5.26 Å². The van der Waals surface area contributed by atoms with Crippen LogP contribution < -0.4 is 0 Å². The van der Waals surface area contributed by atoms with E-state index in [0.29, 0.717) is 11.1 Å². The molecule has 112 valence electrons. The summed E-state index contributed by atoms with van der Waals surface area (Å²) in [7, 11) is 0. The summed E-state index contributed by atoms with van der Waals surface area (Å²) >= 11 is 5.95. The zero-order valence-electron chi connectivity index (χ0n) is 11.6. The summed E-state index contributed by atoms with van der Waals surface area (Å²) in [5.74, 6) is -0.905. The molecular formula is C17H8ClF2N3. The van der Waals surface area contributed by atoms with E-state index in [1.165, 1.54) is 36.4 Å². The SMILES string of the molecule is N#Cc1nc(-c2cccc(F)c2)c(-c2cccc(F)c2)nc1Cl. The molecule has 0 N–H and O–H groups in total. The lowest BCUT2D eigenvalue weighted by Crippen LogP contribution is -1.98. The highest BCUT2D eigenvalue weighted by molar-refractivity contribution is 6.30. The Hall–Kier alpha value is -2.84. The van der Waals surface area contributed by atoms with Gasteiger partial charge < -0.3 is 0 Å². The van der Waals surface area contributed by atoms with Crippen LogP contribution in [0.3, 0.4) is 0 Å². The first-order valence-electron chi connectivity index (χ1n) is 6.58. The molecule has 0 saturated carbocycles. The average Bonchev–Trinajstić information content (AvgIpc) is 2.54. The van der Waals surface area contributed by atoms with Gasteiger partial charge in [0.05, 0.1) is 11.4 Å². The summed E-state index contributed by atoms with van der Waals surface area (Å²) in [6, 6.07) is 13.3. The molecule has 3 nitrogen and oxygen atoms in total. The Balaban J connectivity index is 2.30. The van der Waals surface area contributed by atoms with Gasteiger partial charge in [-0.3, -0.25) is 0 Å². The van der Waals surface area contributed by atoms with Crippen molar-refractivity contribution >= 4 is 11.6 Å². The van der Waals surface area contributed by atoms with E-state index in [4.69, 9.17) is 16.9 Å². The van der Waals surface area contributed by atoms with Crippen LogP contribution in [-0.2, 0) is 0 Å². The number of nitrogens with zero attached hydrogens (tertiary/aromatic N) is 3. The number of rotatable bonds is 2. The lowest BCUT2D eigenvalue weighted by atomic mass is 10.0. The average molecular weight is 328 g/mol. The molecule has 0 radical (unpaired) electrons. The van der Waals surface area contributed by atoms with Gasteiger partial charge in [-0.15, -0.1) is 0 Å². The van der Waals surface area contributed by atoms with Crippen LogP contribution in [0.5, 0.6) is 0 Å². The van der Waals surface area contributed by atoms with Gasteiger partial charge >= 0.3 is 0 Å². The predicted molar refractivity (Wildman–Crippen MR) is 82.5 cm³/mol. The van der Waals surface area contributed by atoms with E-state index in [9.17, 15) is 8.78 Å². The van der Waals surface area contributed by atoms with E-state index >= 15 is 0 Å². The second-order valence-electron chi connectivity index (χ2n) is 4.69. The van der Waals surface area contributed by atoms with Gasteiger partial charge in [-0.05, 0) is 24.3 Å². The summed E-state index contributed by atoms with van der Waals surface area (Å²) in [6.45, 7) is 0. The first-order chi connectivity index (χ1) is 11.1. The molecule has 0 saturated heterocycles. The number of hydrogen-bond acceptors (Lipinski definition) is 3. The van der Waals surface area contributed by atoms with Crippen molar-refractivity contribution in [1.82, 2.24) is 9.97 Å². The van der Waals surface area contributed by atoms with Gasteiger partial charge in [-0.1, -0.05) is 35.9 Å². The molecule has 3 rings (SSSR count). The van der Waals surface area contributed by atoms with Crippen molar-refractivity contribution in [3.63, 3.8) is 0 Å². The second kappa shape index (κ2) is 6.11. The Morgan fingerprint density at radius 1 is 0.870 bits per heavy atom. The fraction of sp³-hybridized carbons (Fsp3) is 0. The molecule has 0 fully saturated rings. The number of halogens is 3.